The fourth-order valence-electron chi connectivity index (χ4n) is 6.16. The molecule has 1 atom stereocenters. The standard InChI is InChI=1S/C30H35N9O2/c1-18(2)28-29-25(36(4)30(35-29)38-9-8-37-10-11-41-17-20(37)16-38)13-27(34-28)39-24-12-23(33-19(3)21(24)15-32-39)22-14-31-7-6-26(22)40-5/h6-7,12-15,18,20H,8-11,16-17H2,1-5H3/t20-/m0/s1. The van der Waals surface area contributed by atoms with E-state index in [-0.39, 0.29) is 5.92 Å². The number of morpholine rings is 1. The van der Waals surface area contributed by atoms with Crippen LogP contribution in [-0.4, -0.2) is 91.7 Å². The number of anilines is 1. The highest BCUT2D eigenvalue weighted by atomic mass is 16.5. The van der Waals surface area contributed by atoms with Crippen LogP contribution in [0, 0.1) is 6.92 Å². The molecule has 2 fully saturated rings. The Morgan fingerprint density at radius 1 is 1.05 bits per heavy atom. The Kier molecular flexibility index (Phi) is 6.35. The number of aryl methyl sites for hydroxylation is 2. The van der Waals surface area contributed by atoms with Crippen molar-refractivity contribution in [3.8, 4) is 22.8 Å². The van der Waals surface area contributed by atoms with Gasteiger partial charge >= 0.3 is 0 Å². The van der Waals surface area contributed by atoms with E-state index < -0.39 is 0 Å². The summed E-state index contributed by atoms with van der Waals surface area (Å²) in [5.74, 6) is 2.64. The van der Waals surface area contributed by atoms with Crippen molar-refractivity contribution in [1.82, 2.24) is 39.2 Å². The summed E-state index contributed by atoms with van der Waals surface area (Å²) in [5, 5.41) is 5.77. The molecule has 2 saturated heterocycles. The van der Waals surface area contributed by atoms with Gasteiger partial charge in [0.05, 0.1) is 60.5 Å². The Bertz CT molecular complexity index is 1760. The maximum Gasteiger partial charge on any atom is 0.206 e. The van der Waals surface area contributed by atoms with Crippen molar-refractivity contribution in [2.45, 2.75) is 32.7 Å². The molecule has 0 saturated carbocycles. The van der Waals surface area contributed by atoms with Gasteiger partial charge in [-0.15, -0.1) is 0 Å². The first-order valence-corrected chi connectivity index (χ1v) is 14.2. The second-order valence-corrected chi connectivity index (χ2v) is 11.2. The van der Waals surface area contributed by atoms with Crippen molar-refractivity contribution in [2.75, 3.05) is 51.4 Å². The van der Waals surface area contributed by atoms with Crippen LogP contribution in [0.15, 0.2) is 36.8 Å². The van der Waals surface area contributed by atoms with Gasteiger partial charge in [0.2, 0.25) is 5.95 Å². The predicted molar refractivity (Wildman–Crippen MR) is 158 cm³/mol. The Labute approximate surface area is 238 Å². The summed E-state index contributed by atoms with van der Waals surface area (Å²) in [6, 6.07) is 6.38. The van der Waals surface area contributed by atoms with Crippen LogP contribution in [0.2, 0.25) is 0 Å². The first kappa shape index (κ1) is 25.8. The third kappa shape index (κ3) is 4.31. The number of pyridine rings is 3. The van der Waals surface area contributed by atoms with Crippen molar-refractivity contribution in [2.24, 2.45) is 7.05 Å². The van der Waals surface area contributed by atoms with E-state index in [1.807, 2.05) is 29.9 Å². The molecular formula is C30H35N9O2. The quantitative estimate of drug-likeness (QED) is 0.322. The zero-order valence-corrected chi connectivity index (χ0v) is 24.2. The first-order chi connectivity index (χ1) is 19.9. The summed E-state index contributed by atoms with van der Waals surface area (Å²) in [4.78, 5) is 24.4. The Balaban J connectivity index is 1.35. The van der Waals surface area contributed by atoms with E-state index in [1.165, 1.54) is 0 Å². The maximum atomic E-state index is 5.78. The summed E-state index contributed by atoms with van der Waals surface area (Å²) in [6.07, 6.45) is 5.36. The highest BCUT2D eigenvalue weighted by Gasteiger charge is 2.32. The van der Waals surface area contributed by atoms with Crippen LogP contribution in [-0.2, 0) is 11.8 Å². The molecule has 0 amide bonds. The topological polar surface area (TPSA) is 99.2 Å². The van der Waals surface area contributed by atoms with Gasteiger partial charge in [0.25, 0.3) is 0 Å². The normalized spacial score (nSPS) is 18.0. The minimum atomic E-state index is 0.184. The van der Waals surface area contributed by atoms with Crippen LogP contribution in [0.3, 0.4) is 0 Å². The summed E-state index contributed by atoms with van der Waals surface area (Å²) in [6.45, 7) is 11.8. The lowest BCUT2D eigenvalue weighted by Crippen LogP contribution is -2.58. The van der Waals surface area contributed by atoms with Gasteiger partial charge in [0.1, 0.15) is 11.3 Å². The minimum Gasteiger partial charge on any atom is -0.496 e. The molecule has 11 nitrogen and oxygen atoms in total. The number of ether oxygens (including phenoxy) is 2. The predicted octanol–water partition coefficient (Wildman–Crippen LogP) is 3.73. The molecular weight excluding hydrogens is 518 g/mol. The van der Waals surface area contributed by atoms with E-state index in [0.717, 1.165) is 101 Å². The number of imidazole rings is 1. The Morgan fingerprint density at radius 2 is 1.93 bits per heavy atom. The molecule has 5 aromatic rings. The molecule has 212 valence electrons. The number of hydrogen-bond acceptors (Lipinski definition) is 9. The average molecular weight is 554 g/mol. The smallest absolute Gasteiger partial charge is 0.206 e. The molecule has 2 aliphatic heterocycles. The van der Waals surface area contributed by atoms with Gasteiger partial charge in [-0.05, 0) is 25.0 Å². The van der Waals surface area contributed by atoms with Gasteiger partial charge in [-0.1, -0.05) is 13.8 Å². The lowest BCUT2D eigenvalue weighted by atomic mass is 10.1. The highest BCUT2D eigenvalue weighted by molar-refractivity contribution is 5.88. The van der Waals surface area contributed by atoms with Gasteiger partial charge in [-0.2, -0.15) is 5.10 Å². The summed E-state index contributed by atoms with van der Waals surface area (Å²) in [5.41, 5.74) is 6.37. The lowest BCUT2D eigenvalue weighted by molar-refractivity contribution is -0.0119. The monoisotopic (exact) mass is 553 g/mol. The van der Waals surface area contributed by atoms with Crippen molar-refractivity contribution >= 4 is 27.9 Å². The second-order valence-electron chi connectivity index (χ2n) is 11.2. The van der Waals surface area contributed by atoms with Gasteiger partial charge < -0.3 is 18.9 Å². The van der Waals surface area contributed by atoms with Crippen LogP contribution in [0.1, 0.15) is 31.2 Å². The van der Waals surface area contributed by atoms with Crippen molar-refractivity contribution in [3.63, 3.8) is 0 Å². The van der Waals surface area contributed by atoms with E-state index in [4.69, 9.17) is 29.5 Å². The lowest BCUT2D eigenvalue weighted by Gasteiger charge is -2.43. The summed E-state index contributed by atoms with van der Waals surface area (Å²) >= 11 is 0. The van der Waals surface area contributed by atoms with Gasteiger partial charge in [0.15, 0.2) is 5.82 Å². The van der Waals surface area contributed by atoms with E-state index in [1.54, 1.807) is 19.5 Å². The third-order valence-corrected chi connectivity index (χ3v) is 8.38. The zero-order chi connectivity index (χ0) is 28.2. The zero-order valence-electron chi connectivity index (χ0n) is 24.2. The SMILES string of the molecule is COc1ccncc1-c1cc2c(cnn2-c2cc3c(nc(N4CCN5CCOC[C@@H]5C4)n3C)c(C(C)C)n2)c(C)n1. The molecule has 0 unspecified atom stereocenters. The van der Waals surface area contributed by atoms with E-state index in [0.29, 0.717) is 6.04 Å². The fraction of sp³-hybridized carbons (Fsp3) is 0.433. The molecule has 5 aromatic heterocycles. The molecule has 7 heterocycles. The van der Waals surface area contributed by atoms with Crippen molar-refractivity contribution in [1.29, 1.82) is 0 Å². The molecule has 0 bridgehead atoms. The van der Waals surface area contributed by atoms with Crippen molar-refractivity contribution < 1.29 is 9.47 Å². The first-order valence-electron chi connectivity index (χ1n) is 14.2. The molecule has 0 N–H and O–H groups in total. The van der Waals surface area contributed by atoms with Crippen molar-refractivity contribution in [3.05, 3.63) is 48.2 Å². The molecule has 7 rings (SSSR count). The van der Waals surface area contributed by atoms with Crippen LogP contribution in [0.4, 0.5) is 5.95 Å². The maximum absolute atomic E-state index is 5.78. The van der Waals surface area contributed by atoms with Crippen LogP contribution in [0.25, 0.3) is 39.0 Å². The molecule has 0 radical (unpaired) electrons. The largest absolute Gasteiger partial charge is 0.496 e. The number of aromatic nitrogens is 7. The summed E-state index contributed by atoms with van der Waals surface area (Å²) in [7, 11) is 3.76. The molecule has 0 aromatic carbocycles. The Morgan fingerprint density at radius 3 is 2.76 bits per heavy atom. The Hall–Kier alpha value is -4.09. The van der Waals surface area contributed by atoms with Gasteiger partial charge in [0, 0.05) is 62.8 Å². The number of rotatable bonds is 5. The third-order valence-electron chi connectivity index (χ3n) is 8.38. The number of nitrogens with zero attached hydrogens (tertiary/aromatic N) is 9. The molecule has 11 heteroatoms. The minimum absolute atomic E-state index is 0.184. The molecule has 2 aliphatic rings. The van der Waals surface area contributed by atoms with E-state index in [2.05, 4.69) is 46.3 Å². The number of fused-ring (bicyclic) bond motifs is 3. The van der Waals surface area contributed by atoms with E-state index in [9.17, 15) is 0 Å². The van der Waals surface area contributed by atoms with Crippen LogP contribution < -0.4 is 9.64 Å². The molecule has 41 heavy (non-hydrogen) atoms. The van der Waals surface area contributed by atoms with Crippen LogP contribution >= 0.6 is 0 Å². The average Bonchev–Trinajstić information content (AvgIpc) is 3.58. The molecule has 0 aliphatic carbocycles. The number of methoxy groups -OCH3 is 1. The molecule has 0 spiro atoms. The van der Waals surface area contributed by atoms with E-state index >= 15 is 0 Å². The number of hydrogen-bond donors (Lipinski definition) is 0. The van der Waals surface area contributed by atoms with Gasteiger partial charge in [-0.3, -0.25) is 14.9 Å². The number of piperazine rings is 1. The highest BCUT2D eigenvalue weighted by Crippen LogP contribution is 2.33. The fourth-order valence-corrected chi connectivity index (χ4v) is 6.16. The van der Waals surface area contributed by atoms with Gasteiger partial charge in [-0.25, -0.2) is 14.6 Å². The van der Waals surface area contributed by atoms with Crippen LogP contribution in [0.5, 0.6) is 5.75 Å². The summed E-state index contributed by atoms with van der Waals surface area (Å²) < 4.78 is 15.5. The second kappa shape index (κ2) is 10.1.